The van der Waals surface area contributed by atoms with Gasteiger partial charge in [-0.2, -0.15) is 0 Å². The van der Waals surface area contributed by atoms with Crippen LogP contribution in [0.1, 0.15) is 41.2 Å². The fourth-order valence-electron chi connectivity index (χ4n) is 4.07. The molecule has 0 radical (unpaired) electrons. The first kappa shape index (κ1) is 19.8. The molecule has 0 bridgehead atoms. The van der Waals surface area contributed by atoms with Gasteiger partial charge < -0.3 is 19.9 Å². The number of amides is 2. The SMILES string of the molecule is Cc1nc(C(=O)NC[C@H]2CN(CC3CCN(CC4CC4)CC3)C(=O)CO2)cs1. The van der Waals surface area contributed by atoms with Crippen molar-refractivity contribution in [2.24, 2.45) is 11.8 Å². The molecule has 7 nitrogen and oxygen atoms in total. The van der Waals surface area contributed by atoms with Gasteiger partial charge >= 0.3 is 0 Å². The minimum atomic E-state index is -0.181. The van der Waals surface area contributed by atoms with Crippen molar-refractivity contribution >= 4 is 23.2 Å². The van der Waals surface area contributed by atoms with E-state index in [1.807, 2.05) is 11.8 Å². The number of likely N-dealkylation sites (tertiary alicyclic amines) is 1. The molecule has 2 amide bonds. The largest absolute Gasteiger partial charge is 0.365 e. The van der Waals surface area contributed by atoms with Gasteiger partial charge in [0.15, 0.2) is 0 Å². The molecule has 8 heteroatoms. The monoisotopic (exact) mass is 406 g/mol. The second-order valence-corrected chi connectivity index (χ2v) is 9.44. The Kier molecular flexibility index (Phi) is 6.28. The van der Waals surface area contributed by atoms with E-state index in [0.717, 1.165) is 30.6 Å². The number of nitrogens with one attached hydrogen (secondary N) is 1. The van der Waals surface area contributed by atoms with Crippen LogP contribution in [0.25, 0.3) is 0 Å². The number of rotatable bonds is 7. The molecular weight excluding hydrogens is 376 g/mol. The van der Waals surface area contributed by atoms with Crippen LogP contribution in [0.5, 0.6) is 0 Å². The van der Waals surface area contributed by atoms with Crippen LogP contribution >= 0.6 is 11.3 Å². The molecule has 0 unspecified atom stereocenters. The van der Waals surface area contributed by atoms with Gasteiger partial charge in [-0.05, 0) is 57.5 Å². The Morgan fingerprint density at radius 1 is 1.25 bits per heavy atom. The number of thiazole rings is 1. The fraction of sp³-hybridized carbons (Fsp3) is 0.750. The van der Waals surface area contributed by atoms with Crippen LogP contribution in [0.3, 0.4) is 0 Å². The van der Waals surface area contributed by atoms with E-state index in [-0.39, 0.29) is 24.5 Å². The first-order chi connectivity index (χ1) is 13.6. The van der Waals surface area contributed by atoms with E-state index in [4.69, 9.17) is 4.74 Å². The summed E-state index contributed by atoms with van der Waals surface area (Å²) >= 11 is 1.46. The summed E-state index contributed by atoms with van der Waals surface area (Å²) in [7, 11) is 0. The molecule has 3 heterocycles. The Morgan fingerprint density at radius 2 is 2.00 bits per heavy atom. The van der Waals surface area contributed by atoms with E-state index < -0.39 is 0 Å². The van der Waals surface area contributed by atoms with E-state index in [2.05, 4.69) is 15.2 Å². The Hall–Kier alpha value is -1.51. The topological polar surface area (TPSA) is 74.8 Å². The lowest BCUT2D eigenvalue weighted by molar-refractivity contribution is -0.149. The molecule has 3 aliphatic rings. The number of morpholine rings is 1. The number of aryl methyl sites for hydroxylation is 1. The molecule has 2 saturated heterocycles. The van der Waals surface area contributed by atoms with E-state index in [1.54, 1.807) is 5.38 Å². The molecule has 4 rings (SSSR count). The van der Waals surface area contributed by atoms with Gasteiger partial charge in [0.25, 0.3) is 5.91 Å². The van der Waals surface area contributed by atoms with Crippen LogP contribution in [-0.4, -0.2) is 78.6 Å². The zero-order chi connectivity index (χ0) is 19.5. The van der Waals surface area contributed by atoms with Gasteiger partial charge in [-0.3, -0.25) is 9.59 Å². The number of piperidine rings is 1. The maximum atomic E-state index is 12.3. The second-order valence-electron chi connectivity index (χ2n) is 8.38. The first-order valence-corrected chi connectivity index (χ1v) is 11.3. The van der Waals surface area contributed by atoms with E-state index in [9.17, 15) is 9.59 Å². The third-order valence-electron chi connectivity index (χ3n) is 5.96. The Balaban J connectivity index is 1.21. The molecular formula is C20H30N4O3S. The van der Waals surface area contributed by atoms with Crippen molar-refractivity contribution in [2.45, 2.75) is 38.7 Å². The van der Waals surface area contributed by atoms with Crippen molar-refractivity contribution in [1.82, 2.24) is 20.1 Å². The van der Waals surface area contributed by atoms with Crippen LogP contribution in [0.15, 0.2) is 5.38 Å². The van der Waals surface area contributed by atoms with Crippen molar-refractivity contribution in [2.75, 3.05) is 45.9 Å². The third-order valence-corrected chi connectivity index (χ3v) is 6.73. The first-order valence-electron chi connectivity index (χ1n) is 10.4. The fourth-order valence-corrected chi connectivity index (χ4v) is 4.67. The van der Waals surface area contributed by atoms with Crippen molar-refractivity contribution in [3.63, 3.8) is 0 Å². The number of hydrogen-bond acceptors (Lipinski definition) is 6. The highest BCUT2D eigenvalue weighted by molar-refractivity contribution is 7.09. The lowest BCUT2D eigenvalue weighted by Crippen LogP contribution is -2.52. The highest BCUT2D eigenvalue weighted by Gasteiger charge is 2.31. The van der Waals surface area contributed by atoms with Gasteiger partial charge in [0.05, 0.1) is 11.1 Å². The van der Waals surface area contributed by atoms with Gasteiger partial charge in [0.2, 0.25) is 5.91 Å². The molecule has 2 aliphatic heterocycles. The summed E-state index contributed by atoms with van der Waals surface area (Å²) < 4.78 is 5.64. The quantitative estimate of drug-likeness (QED) is 0.743. The summed E-state index contributed by atoms with van der Waals surface area (Å²) in [5.41, 5.74) is 0.448. The molecule has 1 N–H and O–H groups in total. The predicted molar refractivity (Wildman–Crippen MR) is 107 cm³/mol. The average Bonchev–Trinajstić information content (AvgIpc) is 3.40. The number of aromatic nitrogens is 1. The molecule has 1 aromatic heterocycles. The van der Waals surface area contributed by atoms with Crippen LogP contribution < -0.4 is 5.32 Å². The summed E-state index contributed by atoms with van der Waals surface area (Å²) in [6.07, 6.45) is 4.99. The normalized spacial score (nSPS) is 24.5. The van der Waals surface area contributed by atoms with E-state index in [0.29, 0.717) is 24.7 Å². The summed E-state index contributed by atoms with van der Waals surface area (Å²) in [6, 6.07) is 0. The van der Waals surface area contributed by atoms with Crippen LogP contribution in [0.4, 0.5) is 0 Å². The Bertz CT molecular complexity index is 697. The molecule has 154 valence electrons. The third kappa shape index (κ3) is 5.30. The lowest BCUT2D eigenvalue weighted by Gasteiger charge is -2.38. The minimum Gasteiger partial charge on any atom is -0.365 e. The molecule has 1 aliphatic carbocycles. The summed E-state index contributed by atoms with van der Waals surface area (Å²) in [6.45, 7) is 7.34. The average molecular weight is 407 g/mol. The van der Waals surface area contributed by atoms with Crippen molar-refractivity contribution in [3.05, 3.63) is 16.1 Å². The van der Waals surface area contributed by atoms with Crippen LogP contribution in [0, 0.1) is 18.8 Å². The maximum absolute atomic E-state index is 12.3. The zero-order valence-electron chi connectivity index (χ0n) is 16.6. The van der Waals surface area contributed by atoms with Crippen LogP contribution in [0.2, 0.25) is 0 Å². The number of nitrogens with zero attached hydrogens (tertiary/aromatic N) is 3. The van der Waals surface area contributed by atoms with Crippen LogP contribution in [-0.2, 0) is 9.53 Å². The standard InChI is InChI=1S/C20H30N4O3S/c1-14-22-18(13-28-14)20(26)21-8-17-11-24(19(25)12-27-17)10-16-4-6-23(7-5-16)9-15-2-3-15/h13,15-17H,2-12H2,1H3,(H,21,26)/t17-/m0/s1. The second kappa shape index (κ2) is 8.88. The van der Waals surface area contributed by atoms with Crippen molar-refractivity contribution < 1.29 is 14.3 Å². The zero-order valence-corrected chi connectivity index (χ0v) is 17.4. The van der Waals surface area contributed by atoms with Crippen molar-refractivity contribution in [1.29, 1.82) is 0 Å². The Labute approximate surface area is 170 Å². The summed E-state index contributed by atoms with van der Waals surface area (Å²) in [5.74, 6) is 1.41. The molecule has 28 heavy (non-hydrogen) atoms. The number of ether oxygens (including phenoxy) is 1. The maximum Gasteiger partial charge on any atom is 0.270 e. The van der Waals surface area contributed by atoms with Gasteiger partial charge in [0, 0.05) is 31.6 Å². The highest BCUT2D eigenvalue weighted by Crippen LogP contribution is 2.31. The van der Waals surface area contributed by atoms with Gasteiger partial charge in [-0.1, -0.05) is 0 Å². The molecule has 0 aromatic carbocycles. The molecule has 1 aromatic rings. The minimum absolute atomic E-state index is 0.0677. The van der Waals surface area contributed by atoms with E-state index in [1.165, 1.54) is 43.6 Å². The van der Waals surface area contributed by atoms with Crippen molar-refractivity contribution in [3.8, 4) is 0 Å². The van der Waals surface area contributed by atoms with Gasteiger partial charge in [-0.25, -0.2) is 4.98 Å². The number of carbonyl (C=O) groups excluding carboxylic acids is 2. The Morgan fingerprint density at radius 3 is 2.68 bits per heavy atom. The van der Waals surface area contributed by atoms with E-state index >= 15 is 0 Å². The van der Waals surface area contributed by atoms with Gasteiger partial charge in [0.1, 0.15) is 12.3 Å². The molecule has 1 saturated carbocycles. The summed E-state index contributed by atoms with van der Waals surface area (Å²) in [5, 5.41) is 5.52. The molecule has 0 spiro atoms. The predicted octanol–water partition coefficient (Wildman–Crippen LogP) is 1.53. The smallest absolute Gasteiger partial charge is 0.270 e. The lowest BCUT2D eigenvalue weighted by atomic mass is 9.95. The summed E-state index contributed by atoms with van der Waals surface area (Å²) in [4.78, 5) is 33.2. The number of hydrogen-bond donors (Lipinski definition) is 1. The molecule has 1 atom stereocenters. The number of carbonyl (C=O) groups is 2. The van der Waals surface area contributed by atoms with Gasteiger partial charge in [-0.15, -0.1) is 11.3 Å². The molecule has 3 fully saturated rings. The highest BCUT2D eigenvalue weighted by atomic mass is 32.1.